The number of carbonyl (C=O) groups is 4. The number of alkyl halides is 2. The van der Waals surface area contributed by atoms with E-state index >= 15 is 0 Å². The molecule has 6 rings (SSSR count). The van der Waals surface area contributed by atoms with E-state index in [4.69, 9.17) is 27.9 Å². The third kappa shape index (κ3) is 2.93. The number of amides is 4. The number of hydrogen-bond donors (Lipinski definition) is 1. The van der Waals surface area contributed by atoms with Gasteiger partial charge in [0.15, 0.2) is 21.2 Å². The molecule has 4 amide bonds. The number of benzene rings is 2. The molecule has 2 aliphatic carbocycles. The van der Waals surface area contributed by atoms with Gasteiger partial charge in [-0.25, -0.2) is 0 Å². The molecule has 3 fully saturated rings. The van der Waals surface area contributed by atoms with Crippen LogP contribution in [-0.4, -0.2) is 57.5 Å². The van der Waals surface area contributed by atoms with Crippen LogP contribution in [-0.2, 0) is 19.2 Å². The second kappa shape index (κ2) is 8.32. The van der Waals surface area contributed by atoms with Gasteiger partial charge in [0.2, 0.25) is 11.8 Å². The molecule has 2 aromatic carbocycles. The minimum Gasteiger partial charge on any atom is -0.504 e. The van der Waals surface area contributed by atoms with Crippen molar-refractivity contribution in [1.29, 1.82) is 0 Å². The Morgan fingerprint density at radius 2 is 1.66 bits per heavy atom. The number of allylic oxidation sites excluding steroid dienone is 2. The number of phenolic OH excluding ortho intramolecular Hbond substituents is 1. The van der Waals surface area contributed by atoms with E-state index in [9.17, 15) is 24.3 Å². The lowest BCUT2D eigenvalue weighted by Gasteiger charge is -2.50. The van der Waals surface area contributed by atoms with E-state index in [1.807, 2.05) is 6.08 Å². The summed E-state index contributed by atoms with van der Waals surface area (Å²) < 4.78 is 5.30. The van der Waals surface area contributed by atoms with Crippen molar-refractivity contribution < 1.29 is 29.0 Å². The lowest BCUT2D eigenvalue weighted by molar-refractivity contribution is -0.138. The quantitative estimate of drug-likeness (QED) is 0.353. The summed E-state index contributed by atoms with van der Waals surface area (Å²) in [5.74, 6) is -5.31. The maximum absolute atomic E-state index is 13.9. The molecular weight excluding hydrogens is 531 g/mol. The predicted octanol–water partition coefficient (Wildman–Crippen LogP) is 3.59. The second-order valence-corrected chi connectivity index (χ2v) is 11.5. The van der Waals surface area contributed by atoms with Gasteiger partial charge in [-0.05, 0) is 37.0 Å². The van der Waals surface area contributed by atoms with E-state index in [1.54, 1.807) is 48.5 Å². The molecule has 2 saturated heterocycles. The zero-order valence-electron chi connectivity index (χ0n) is 20.6. The highest BCUT2D eigenvalue weighted by molar-refractivity contribution is 6.53. The summed E-state index contributed by atoms with van der Waals surface area (Å²) >= 11 is 14.3. The number of imide groups is 2. The van der Waals surface area contributed by atoms with Crippen LogP contribution in [0.25, 0.3) is 0 Å². The van der Waals surface area contributed by atoms with Crippen molar-refractivity contribution in [2.24, 2.45) is 17.8 Å². The van der Waals surface area contributed by atoms with Gasteiger partial charge in [-0.2, -0.15) is 0 Å². The first-order chi connectivity index (χ1) is 18.1. The molecule has 8 nitrogen and oxygen atoms in total. The maximum Gasteiger partial charge on any atom is 0.253 e. The Kier molecular flexibility index (Phi) is 5.46. The molecule has 4 aliphatic rings. The molecule has 2 aliphatic heterocycles. The Morgan fingerprint density at radius 1 is 0.947 bits per heavy atom. The zero-order valence-corrected chi connectivity index (χ0v) is 22.1. The molecule has 0 bridgehead atoms. The van der Waals surface area contributed by atoms with Crippen LogP contribution >= 0.6 is 23.2 Å². The topological polar surface area (TPSA) is 104 Å². The first-order valence-electron chi connectivity index (χ1n) is 12.3. The predicted molar refractivity (Wildman–Crippen MR) is 139 cm³/mol. The van der Waals surface area contributed by atoms with Crippen LogP contribution in [0.3, 0.4) is 0 Å². The number of ether oxygens (including phenoxy) is 1. The van der Waals surface area contributed by atoms with Gasteiger partial charge in [0.05, 0.1) is 24.6 Å². The summed E-state index contributed by atoms with van der Waals surface area (Å²) in [5.41, 5.74) is 1.33. The summed E-state index contributed by atoms with van der Waals surface area (Å²) in [5, 5.41) is 11.1. The van der Waals surface area contributed by atoms with Crippen LogP contribution < -0.4 is 9.64 Å². The van der Waals surface area contributed by atoms with Crippen LogP contribution in [0.4, 0.5) is 5.69 Å². The highest BCUT2D eigenvalue weighted by Crippen LogP contribution is 2.66. The smallest absolute Gasteiger partial charge is 0.253 e. The van der Waals surface area contributed by atoms with E-state index in [0.29, 0.717) is 11.3 Å². The number of anilines is 1. The Bertz CT molecular complexity index is 1440. The first kappa shape index (κ1) is 24.9. The molecular formula is C28H24Cl2N2O6. The Morgan fingerprint density at radius 3 is 2.34 bits per heavy atom. The van der Waals surface area contributed by atoms with Crippen molar-refractivity contribution >= 4 is 52.5 Å². The van der Waals surface area contributed by atoms with Crippen LogP contribution in [0.5, 0.6) is 11.5 Å². The van der Waals surface area contributed by atoms with Crippen LogP contribution in [0, 0.1) is 17.8 Å². The molecule has 6 unspecified atom stereocenters. The van der Waals surface area contributed by atoms with Gasteiger partial charge in [0.25, 0.3) is 11.8 Å². The van der Waals surface area contributed by atoms with Gasteiger partial charge in [-0.3, -0.25) is 29.0 Å². The number of halogens is 2. The first-order valence-corrected chi connectivity index (χ1v) is 13.0. The van der Waals surface area contributed by atoms with E-state index in [-0.39, 0.29) is 41.7 Å². The highest BCUT2D eigenvalue weighted by Gasteiger charge is 2.76. The summed E-state index contributed by atoms with van der Waals surface area (Å²) in [6.07, 6.45) is 1.96. The van der Waals surface area contributed by atoms with Gasteiger partial charge in [0, 0.05) is 18.5 Å². The van der Waals surface area contributed by atoms with Crippen molar-refractivity contribution in [2.75, 3.05) is 19.1 Å². The van der Waals surface area contributed by atoms with E-state index in [2.05, 4.69) is 0 Å². The number of carbonyl (C=O) groups excluding carboxylic acids is 4. The van der Waals surface area contributed by atoms with Crippen LogP contribution in [0.2, 0.25) is 0 Å². The van der Waals surface area contributed by atoms with Gasteiger partial charge >= 0.3 is 0 Å². The Balaban J connectivity index is 1.55. The van der Waals surface area contributed by atoms with E-state index in [0.717, 1.165) is 4.90 Å². The van der Waals surface area contributed by atoms with E-state index in [1.165, 1.54) is 19.1 Å². The van der Waals surface area contributed by atoms with E-state index < -0.39 is 45.2 Å². The summed E-state index contributed by atoms with van der Waals surface area (Å²) in [6.45, 7) is 0. The number of hydrogen-bond acceptors (Lipinski definition) is 6. The lowest BCUT2D eigenvalue weighted by Crippen LogP contribution is -2.60. The summed E-state index contributed by atoms with van der Waals surface area (Å²) in [6, 6.07) is 13.5. The SMILES string of the molecule is COc1cccc(C2C3=CCC4C(=O)N(c5ccccc5)C(=O)C4C3CC3(Cl)C(=O)N(C)C(=O)C23Cl)c1O. The standard InChI is InChI=1S/C28H24Cl2N2O6/c1-31-25(36)27(29)13-18-15(21(28(27,30)26(31)37)17-9-6-10-19(38-2)22(17)33)11-12-16-20(18)24(35)32(23(16)34)14-7-4-3-5-8-14/h3-11,16,18,20-21,33H,12-13H2,1-2H3. The minimum absolute atomic E-state index is 0.108. The zero-order chi connectivity index (χ0) is 27.1. The van der Waals surface area contributed by atoms with Gasteiger partial charge in [0.1, 0.15) is 0 Å². The number of para-hydroxylation sites is 2. The number of phenols is 1. The van der Waals surface area contributed by atoms with Crippen molar-refractivity contribution in [3.05, 3.63) is 65.7 Å². The third-order valence-electron chi connectivity index (χ3n) is 8.59. The molecule has 0 radical (unpaired) electrons. The minimum atomic E-state index is -1.97. The number of methoxy groups -OCH3 is 1. The van der Waals surface area contributed by atoms with Crippen molar-refractivity contribution in [2.45, 2.75) is 28.5 Å². The fourth-order valence-electron chi connectivity index (χ4n) is 6.86. The normalized spacial score (nSPS) is 34.2. The van der Waals surface area contributed by atoms with Gasteiger partial charge in [-0.15, -0.1) is 23.2 Å². The molecule has 196 valence electrons. The molecule has 0 spiro atoms. The molecule has 38 heavy (non-hydrogen) atoms. The maximum atomic E-state index is 13.9. The number of fused-ring (bicyclic) bond motifs is 4. The number of nitrogens with zero attached hydrogens (tertiary/aromatic N) is 2. The number of rotatable bonds is 3. The summed E-state index contributed by atoms with van der Waals surface area (Å²) in [7, 11) is 2.72. The summed E-state index contributed by atoms with van der Waals surface area (Å²) in [4.78, 5) is 52.7. The fraction of sp³-hybridized carbons (Fsp3) is 0.357. The molecule has 1 saturated carbocycles. The average molecular weight is 555 g/mol. The van der Waals surface area contributed by atoms with Gasteiger partial charge in [-0.1, -0.05) is 42.0 Å². The van der Waals surface area contributed by atoms with Crippen LogP contribution in [0.15, 0.2) is 60.2 Å². The van der Waals surface area contributed by atoms with Crippen molar-refractivity contribution in [3.8, 4) is 11.5 Å². The van der Waals surface area contributed by atoms with Gasteiger partial charge < -0.3 is 9.84 Å². The largest absolute Gasteiger partial charge is 0.504 e. The average Bonchev–Trinajstić information content (AvgIpc) is 3.24. The van der Waals surface area contributed by atoms with Crippen molar-refractivity contribution in [1.82, 2.24) is 4.90 Å². The molecule has 6 atom stereocenters. The lowest BCUT2D eigenvalue weighted by atomic mass is 9.56. The molecule has 0 aromatic heterocycles. The monoisotopic (exact) mass is 554 g/mol. The fourth-order valence-corrected chi connectivity index (χ4v) is 7.87. The van der Waals surface area contributed by atoms with Crippen molar-refractivity contribution in [3.63, 3.8) is 0 Å². The Hall–Kier alpha value is -3.36. The highest BCUT2D eigenvalue weighted by atomic mass is 35.5. The second-order valence-electron chi connectivity index (χ2n) is 10.2. The molecule has 2 heterocycles. The molecule has 10 heteroatoms. The molecule has 1 N–H and O–H groups in total. The number of aromatic hydroxyl groups is 1. The van der Waals surface area contributed by atoms with Crippen LogP contribution in [0.1, 0.15) is 24.3 Å². The third-order valence-corrected chi connectivity index (χ3v) is 10.0. The number of likely N-dealkylation sites (tertiary alicyclic amines) is 1. The Labute approximate surface area is 228 Å². The molecule has 2 aromatic rings.